The van der Waals surface area contributed by atoms with Gasteiger partial charge in [-0.2, -0.15) is 5.10 Å². The maximum Gasteiger partial charge on any atom is 0.339 e. The Labute approximate surface area is 114 Å². The molecule has 0 aromatic carbocycles. The van der Waals surface area contributed by atoms with Gasteiger partial charge in [0.1, 0.15) is 5.56 Å². The monoisotopic (exact) mass is 275 g/mol. The molecule has 2 aromatic heterocycles. The molecule has 0 bridgehead atoms. The van der Waals surface area contributed by atoms with Crippen molar-refractivity contribution in [2.45, 2.75) is 25.4 Å². The summed E-state index contributed by atoms with van der Waals surface area (Å²) in [5.74, 6) is -0.479. The number of rotatable bonds is 5. The van der Waals surface area contributed by atoms with Crippen molar-refractivity contribution in [2.75, 3.05) is 4.90 Å². The highest BCUT2D eigenvalue weighted by molar-refractivity contribution is 7.09. The first kappa shape index (κ1) is 12.1. The van der Waals surface area contributed by atoms with Crippen molar-refractivity contribution in [3.63, 3.8) is 0 Å². The summed E-state index contributed by atoms with van der Waals surface area (Å²) < 4.78 is 0. The third kappa shape index (κ3) is 2.58. The van der Waals surface area contributed by atoms with Crippen LogP contribution in [0.5, 0.6) is 0 Å². The summed E-state index contributed by atoms with van der Waals surface area (Å²) in [6.45, 7) is 0.696. The van der Waals surface area contributed by atoms with E-state index in [1.54, 1.807) is 11.3 Å². The zero-order valence-corrected chi connectivity index (χ0v) is 11.0. The average molecular weight is 275 g/mol. The molecule has 1 N–H and O–H groups in total. The number of carboxylic acid groups (broad SMARTS) is 1. The van der Waals surface area contributed by atoms with Crippen LogP contribution in [0.4, 0.5) is 5.82 Å². The van der Waals surface area contributed by atoms with E-state index in [-0.39, 0.29) is 5.56 Å². The molecular formula is C13H13N3O2S. The van der Waals surface area contributed by atoms with Gasteiger partial charge in [-0.1, -0.05) is 6.07 Å². The Morgan fingerprint density at radius 1 is 1.47 bits per heavy atom. The molecule has 3 rings (SSSR count). The van der Waals surface area contributed by atoms with Crippen LogP contribution in [0.25, 0.3) is 0 Å². The van der Waals surface area contributed by atoms with Gasteiger partial charge in [0.2, 0.25) is 0 Å². The number of anilines is 1. The van der Waals surface area contributed by atoms with E-state index in [1.165, 1.54) is 17.1 Å². The number of thiophene rings is 1. The van der Waals surface area contributed by atoms with Crippen molar-refractivity contribution in [3.05, 3.63) is 40.2 Å². The van der Waals surface area contributed by atoms with Crippen molar-refractivity contribution in [3.8, 4) is 0 Å². The molecule has 0 radical (unpaired) electrons. The second-order valence-electron chi connectivity index (χ2n) is 4.51. The fraction of sp³-hybridized carbons (Fsp3) is 0.308. The predicted molar refractivity (Wildman–Crippen MR) is 72.5 cm³/mol. The minimum Gasteiger partial charge on any atom is -0.478 e. The molecule has 0 unspecified atom stereocenters. The van der Waals surface area contributed by atoms with Gasteiger partial charge in [-0.15, -0.1) is 16.4 Å². The number of carbonyl (C=O) groups is 1. The first-order valence-corrected chi connectivity index (χ1v) is 6.97. The summed E-state index contributed by atoms with van der Waals surface area (Å²) in [4.78, 5) is 14.5. The van der Waals surface area contributed by atoms with Gasteiger partial charge in [0.05, 0.1) is 12.7 Å². The van der Waals surface area contributed by atoms with Crippen LogP contribution in [-0.4, -0.2) is 27.3 Å². The maximum atomic E-state index is 11.3. The summed E-state index contributed by atoms with van der Waals surface area (Å²) in [5.41, 5.74) is 0.221. The van der Waals surface area contributed by atoms with Crippen LogP contribution >= 0.6 is 11.3 Å². The summed E-state index contributed by atoms with van der Waals surface area (Å²) >= 11 is 1.67. The lowest BCUT2D eigenvalue weighted by atomic mass is 10.2. The number of aromatic nitrogens is 2. The molecule has 2 heterocycles. The molecule has 1 aliphatic rings. The van der Waals surface area contributed by atoms with Crippen molar-refractivity contribution >= 4 is 23.1 Å². The van der Waals surface area contributed by atoms with Gasteiger partial charge >= 0.3 is 5.97 Å². The topological polar surface area (TPSA) is 66.3 Å². The molecule has 6 heteroatoms. The molecule has 1 fully saturated rings. The van der Waals surface area contributed by atoms with Crippen molar-refractivity contribution in [2.24, 2.45) is 0 Å². The SMILES string of the molecule is O=C(O)c1ccnnc1N(Cc1cccs1)C1CC1. The first-order valence-electron chi connectivity index (χ1n) is 6.09. The number of hydrogen-bond acceptors (Lipinski definition) is 5. The molecular weight excluding hydrogens is 262 g/mol. The summed E-state index contributed by atoms with van der Waals surface area (Å²) in [6.07, 6.45) is 3.59. The Hall–Kier alpha value is -1.95. The lowest BCUT2D eigenvalue weighted by Crippen LogP contribution is -2.28. The third-order valence-corrected chi connectivity index (χ3v) is 3.96. The molecule has 5 nitrogen and oxygen atoms in total. The van der Waals surface area contributed by atoms with Gasteiger partial charge in [-0.25, -0.2) is 4.79 Å². The Kier molecular flexibility index (Phi) is 3.16. The van der Waals surface area contributed by atoms with Gasteiger partial charge in [0, 0.05) is 10.9 Å². The summed E-state index contributed by atoms with van der Waals surface area (Å²) in [6, 6.07) is 5.95. The number of nitrogens with zero attached hydrogens (tertiary/aromatic N) is 3. The van der Waals surface area contributed by atoms with E-state index < -0.39 is 5.97 Å². The Balaban J connectivity index is 1.94. The highest BCUT2D eigenvalue weighted by Gasteiger charge is 2.32. The molecule has 98 valence electrons. The van der Waals surface area contributed by atoms with E-state index in [1.807, 2.05) is 11.4 Å². The fourth-order valence-corrected chi connectivity index (χ4v) is 2.74. The molecule has 2 aromatic rings. The van der Waals surface area contributed by atoms with Crippen LogP contribution in [0.15, 0.2) is 29.8 Å². The van der Waals surface area contributed by atoms with Crippen molar-refractivity contribution in [1.29, 1.82) is 0 Å². The molecule has 0 spiro atoms. The van der Waals surface area contributed by atoms with Crippen LogP contribution in [0, 0.1) is 0 Å². The van der Waals surface area contributed by atoms with Crippen LogP contribution in [0.2, 0.25) is 0 Å². The second kappa shape index (κ2) is 4.97. The number of aromatic carboxylic acids is 1. The van der Waals surface area contributed by atoms with Crippen LogP contribution < -0.4 is 4.90 Å². The maximum absolute atomic E-state index is 11.3. The standard InChI is InChI=1S/C13H13N3O2S/c17-13(18)11-5-6-14-15-12(11)16(9-3-4-9)8-10-2-1-7-19-10/h1-2,5-7,9H,3-4,8H2,(H,17,18). The van der Waals surface area contributed by atoms with Crippen LogP contribution in [0.1, 0.15) is 28.1 Å². The zero-order chi connectivity index (χ0) is 13.2. The Morgan fingerprint density at radius 3 is 2.95 bits per heavy atom. The molecule has 0 amide bonds. The largest absolute Gasteiger partial charge is 0.478 e. The predicted octanol–water partition coefficient (Wildman–Crippen LogP) is 2.41. The Morgan fingerprint density at radius 2 is 2.32 bits per heavy atom. The van der Waals surface area contributed by atoms with E-state index in [0.29, 0.717) is 18.4 Å². The lowest BCUT2D eigenvalue weighted by molar-refractivity contribution is 0.0697. The van der Waals surface area contributed by atoms with Crippen molar-refractivity contribution in [1.82, 2.24) is 10.2 Å². The minimum atomic E-state index is -0.957. The van der Waals surface area contributed by atoms with Gasteiger partial charge < -0.3 is 10.0 Å². The molecule has 19 heavy (non-hydrogen) atoms. The summed E-state index contributed by atoms with van der Waals surface area (Å²) in [7, 11) is 0. The third-order valence-electron chi connectivity index (χ3n) is 3.10. The van der Waals surface area contributed by atoms with E-state index in [9.17, 15) is 9.90 Å². The van der Waals surface area contributed by atoms with Gasteiger partial charge in [0.25, 0.3) is 0 Å². The van der Waals surface area contributed by atoms with E-state index in [4.69, 9.17) is 0 Å². The molecule has 0 aliphatic heterocycles. The molecule has 0 atom stereocenters. The minimum absolute atomic E-state index is 0.221. The highest BCUT2D eigenvalue weighted by Crippen LogP contribution is 2.34. The smallest absolute Gasteiger partial charge is 0.339 e. The zero-order valence-electron chi connectivity index (χ0n) is 10.2. The average Bonchev–Trinajstić information content (AvgIpc) is 3.13. The van der Waals surface area contributed by atoms with Gasteiger partial charge in [0.15, 0.2) is 5.82 Å². The fourth-order valence-electron chi connectivity index (χ4n) is 2.04. The lowest BCUT2D eigenvalue weighted by Gasteiger charge is -2.23. The van der Waals surface area contributed by atoms with Crippen LogP contribution in [-0.2, 0) is 6.54 Å². The van der Waals surface area contributed by atoms with Gasteiger partial charge in [-0.3, -0.25) is 0 Å². The highest BCUT2D eigenvalue weighted by atomic mass is 32.1. The van der Waals surface area contributed by atoms with E-state index in [0.717, 1.165) is 12.8 Å². The Bertz CT molecular complexity index is 581. The van der Waals surface area contributed by atoms with Crippen molar-refractivity contribution < 1.29 is 9.90 Å². The molecule has 1 aliphatic carbocycles. The normalized spacial score (nSPS) is 14.3. The van der Waals surface area contributed by atoms with E-state index in [2.05, 4.69) is 21.2 Å². The quantitative estimate of drug-likeness (QED) is 0.907. The second-order valence-corrected chi connectivity index (χ2v) is 5.54. The molecule has 1 saturated carbocycles. The van der Waals surface area contributed by atoms with E-state index >= 15 is 0 Å². The number of carboxylic acids is 1. The summed E-state index contributed by atoms with van der Waals surface area (Å²) in [5, 5.41) is 19.2. The first-order chi connectivity index (χ1) is 9.25. The number of hydrogen-bond donors (Lipinski definition) is 1. The van der Waals surface area contributed by atoms with Crippen LogP contribution in [0.3, 0.4) is 0 Å². The molecule has 0 saturated heterocycles. The van der Waals surface area contributed by atoms with Gasteiger partial charge in [-0.05, 0) is 30.4 Å².